The van der Waals surface area contributed by atoms with Crippen molar-refractivity contribution in [3.8, 4) is 11.3 Å². The van der Waals surface area contributed by atoms with Gasteiger partial charge in [-0.05, 0) is 6.07 Å². The van der Waals surface area contributed by atoms with E-state index in [-0.39, 0.29) is 0 Å². The molecule has 3 aromatic rings. The lowest BCUT2D eigenvalue weighted by atomic mass is 10.1. The molecule has 0 aliphatic rings. The zero-order valence-corrected chi connectivity index (χ0v) is 10.8. The molecule has 2 aromatic heterocycles. The molecule has 3 rings (SSSR count). The Morgan fingerprint density at radius 2 is 2.19 bits per heavy atom. The lowest BCUT2D eigenvalue weighted by Gasteiger charge is -1.93. The molecule has 0 saturated carbocycles. The van der Waals surface area contributed by atoms with E-state index in [9.17, 15) is 0 Å². The number of alkyl halides is 1. The number of hydrogen-bond donors (Lipinski definition) is 1. The Labute approximate surface area is 105 Å². The summed E-state index contributed by atoms with van der Waals surface area (Å²) < 4.78 is 0. The van der Waals surface area contributed by atoms with Gasteiger partial charge in [0.2, 0.25) is 0 Å². The molecule has 0 fully saturated rings. The topological polar surface area (TPSA) is 28.7 Å². The number of hydrogen-bond acceptors (Lipinski definition) is 2. The highest BCUT2D eigenvalue weighted by Crippen LogP contribution is 2.29. The van der Waals surface area contributed by atoms with Gasteiger partial charge in [0.1, 0.15) is 5.01 Å². The number of aromatic amines is 1. The van der Waals surface area contributed by atoms with Crippen LogP contribution < -0.4 is 0 Å². The maximum Gasteiger partial charge on any atom is 0.104 e. The fourth-order valence-electron chi connectivity index (χ4n) is 1.78. The molecule has 16 heavy (non-hydrogen) atoms. The number of benzene rings is 1. The van der Waals surface area contributed by atoms with Crippen LogP contribution in [0, 0.1) is 0 Å². The van der Waals surface area contributed by atoms with Crippen molar-refractivity contribution >= 4 is 38.2 Å². The summed E-state index contributed by atoms with van der Waals surface area (Å²) in [6, 6.07) is 8.29. The van der Waals surface area contributed by atoms with E-state index in [2.05, 4.69) is 49.5 Å². The lowest BCUT2D eigenvalue weighted by Crippen LogP contribution is -1.77. The van der Waals surface area contributed by atoms with E-state index in [4.69, 9.17) is 0 Å². The van der Waals surface area contributed by atoms with Crippen LogP contribution in [0.3, 0.4) is 0 Å². The average molecular weight is 293 g/mol. The second-order valence-electron chi connectivity index (χ2n) is 3.51. The number of para-hydroxylation sites is 1. The normalized spacial score (nSPS) is 11.1. The first kappa shape index (κ1) is 10.1. The molecule has 0 aliphatic carbocycles. The number of nitrogens with one attached hydrogen (secondary N) is 1. The molecule has 2 heterocycles. The first-order valence-corrected chi connectivity index (χ1v) is 6.95. The number of nitrogens with zero attached hydrogens (tertiary/aromatic N) is 1. The summed E-state index contributed by atoms with van der Waals surface area (Å²) in [5, 5.41) is 5.26. The fourth-order valence-corrected chi connectivity index (χ4v) is 2.94. The minimum atomic E-state index is 0.819. The highest BCUT2D eigenvalue weighted by atomic mass is 79.9. The third kappa shape index (κ3) is 1.58. The van der Waals surface area contributed by atoms with Crippen molar-refractivity contribution in [3.05, 3.63) is 40.8 Å². The number of fused-ring (bicyclic) bond motifs is 1. The summed E-state index contributed by atoms with van der Waals surface area (Å²) in [4.78, 5) is 7.84. The predicted octanol–water partition coefficient (Wildman–Crippen LogP) is 4.19. The van der Waals surface area contributed by atoms with Crippen molar-refractivity contribution in [3.63, 3.8) is 0 Å². The Bertz CT molecular complexity index is 627. The third-order valence-corrected chi connectivity index (χ3v) is 4.28. The highest BCUT2D eigenvalue weighted by Gasteiger charge is 2.08. The van der Waals surface area contributed by atoms with E-state index in [0.29, 0.717) is 0 Å². The second-order valence-corrected chi connectivity index (χ2v) is 5.01. The minimum Gasteiger partial charge on any atom is -0.360 e. The molecule has 0 radical (unpaired) electrons. The first-order chi connectivity index (χ1) is 7.88. The van der Waals surface area contributed by atoms with E-state index < -0.39 is 0 Å². The third-order valence-electron chi connectivity index (χ3n) is 2.53. The Morgan fingerprint density at radius 3 is 3.00 bits per heavy atom. The molecule has 0 unspecified atom stereocenters. The molecule has 0 aliphatic heterocycles. The van der Waals surface area contributed by atoms with Crippen LogP contribution in [-0.4, -0.2) is 9.97 Å². The summed E-state index contributed by atoms with van der Waals surface area (Å²) in [5.41, 5.74) is 3.39. The first-order valence-electron chi connectivity index (χ1n) is 4.95. The highest BCUT2D eigenvalue weighted by molar-refractivity contribution is 9.08. The number of halogens is 1. The Kier molecular flexibility index (Phi) is 2.53. The Morgan fingerprint density at radius 1 is 1.31 bits per heavy atom. The Balaban J connectivity index is 2.18. The number of H-pyrrole nitrogens is 1. The van der Waals surface area contributed by atoms with Gasteiger partial charge in [0.15, 0.2) is 0 Å². The van der Waals surface area contributed by atoms with Gasteiger partial charge in [0, 0.05) is 28.0 Å². The van der Waals surface area contributed by atoms with Crippen molar-refractivity contribution in [1.29, 1.82) is 0 Å². The molecule has 4 heteroatoms. The predicted molar refractivity (Wildman–Crippen MR) is 72.0 cm³/mol. The molecule has 2 nitrogen and oxygen atoms in total. The van der Waals surface area contributed by atoms with Crippen molar-refractivity contribution in [1.82, 2.24) is 9.97 Å². The van der Waals surface area contributed by atoms with E-state index in [1.54, 1.807) is 11.3 Å². The minimum absolute atomic E-state index is 0.819. The fraction of sp³-hybridized carbons (Fsp3) is 0.0833. The van der Waals surface area contributed by atoms with Gasteiger partial charge in [-0.15, -0.1) is 11.3 Å². The molecular weight excluding hydrogens is 284 g/mol. The van der Waals surface area contributed by atoms with Gasteiger partial charge in [-0.2, -0.15) is 0 Å². The van der Waals surface area contributed by atoms with E-state index in [1.807, 2.05) is 12.3 Å². The van der Waals surface area contributed by atoms with Gasteiger partial charge in [0.25, 0.3) is 0 Å². The maximum atomic E-state index is 4.57. The quantitative estimate of drug-likeness (QED) is 0.705. The van der Waals surface area contributed by atoms with Crippen LogP contribution in [-0.2, 0) is 5.33 Å². The van der Waals surface area contributed by atoms with Crippen LogP contribution in [0.1, 0.15) is 5.01 Å². The van der Waals surface area contributed by atoms with Crippen molar-refractivity contribution in [2.24, 2.45) is 0 Å². The summed E-state index contributed by atoms with van der Waals surface area (Å²) in [5.74, 6) is 0. The van der Waals surface area contributed by atoms with Crippen LogP contribution in [0.5, 0.6) is 0 Å². The van der Waals surface area contributed by atoms with Crippen molar-refractivity contribution in [2.75, 3.05) is 0 Å². The van der Waals surface area contributed by atoms with Crippen LogP contribution in [0.25, 0.3) is 22.2 Å². The van der Waals surface area contributed by atoms with Crippen LogP contribution in [0.2, 0.25) is 0 Å². The number of rotatable bonds is 2. The van der Waals surface area contributed by atoms with Crippen LogP contribution >= 0.6 is 27.3 Å². The van der Waals surface area contributed by atoms with Crippen molar-refractivity contribution in [2.45, 2.75) is 5.33 Å². The zero-order valence-electron chi connectivity index (χ0n) is 8.40. The van der Waals surface area contributed by atoms with Crippen LogP contribution in [0.4, 0.5) is 0 Å². The molecule has 0 atom stereocenters. The molecular formula is C12H9BrN2S. The number of thiazole rings is 1. The molecule has 0 bridgehead atoms. The molecule has 0 saturated heterocycles. The molecule has 1 N–H and O–H groups in total. The van der Waals surface area contributed by atoms with Crippen LogP contribution in [0.15, 0.2) is 35.8 Å². The van der Waals surface area contributed by atoms with E-state index in [1.165, 1.54) is 10.9 Å². The summed E-state index contributed by atoms with van der Waals surface area (Å²) in [7, 11) is 0. The second kappa shape index (κ2) is 4.03. The molecule has 0 amide bonds. The standard InChI is InChI=1S/C12H9BrN2S/c13-5-12-15-11(7-16-12)9-6-14-10-4-2-1-3-8(9)10/h1-4,6-7,14H,5H2. The van der Waals surface area contributed by atoms with Gasteiger partial charge in [-0.1, -0.05) is 34.1 Å². The monoisotopic (exact) mass is 292 g/mol. The Hall–Kier alpha value is -1.13. The SMILES string of the molecule is BrCc1nc(-c2c[nH]c3ccccc23)cs1. The van der Waals surface area contributed by atoms with Gasteiger partial charge in [-0.25, -0.2) is 4.98 Å². The average Bonchev–Trinajstić information content (AvgIpc) is 2.94. The van der Waals surface area contributed by atoms with E-state index in [0.717, 1.165) is 21.5 Å². The van der Waals surface area contributed by atoms with Gasteiger partial charge in [0.05, 0.1) is 11.0 Å². The van der Waals surface area contributed by atoms with Gasteiger partial charge < -0.3 is 4.98 Å². The smallest absolute Gasteiger partial charge is 0.104 e. The summed E-state index contributed by atoms with van der Waals surface area (Å²) in [6.45, 7) is 0. The summed E-state index contributed by atoms with van der Waals surface area (Å²) >= 11 is 5.11. The lowest BCUT2D eigenvalue weighted by molar-refractivity contribution is 1.28. The molecule has 80 valence electrons. The van der Waals surface area contributed by atoms with Gasteiger partial charge in [-0.3, -0.25) is 0 Å². The largest absolute Gasteiger partial charge is 0.360 e. The number of aromatic nitrogens is 2. The van der Waals surface area contributed by atoms with Crippen molar-refractivity contribution < 1.29 is 0 Å². The maximum absolute atomic E-state index is 4.57. The van der Waals surface area contributed by atoms with E-state index >= 15 is 0 Å². The molecule has 0 spiro atoms. The van der Waals surface area contributed by atoms with Gasteiger partial charge >= 0.3 is 0 Å². The molecule has 1 aromatic carbocycles. The summed E-state index contributed by atoms with van der Waals surface area (Å²) in [6.07, 6.45) is 2.03. The zero-order chi connectivity index (χ0) is 11.0.